The quantitative estimate of drug-likeness (QED) is 0.823. The Morgan fingerprint density at radius 3 is 2.41 bits per heavy atom. The third-order valence-electron chi connectivity index (χ3n) is 3.50. The zero-order chi connectivity index (χ0) is 16.5. The van der Waals surface area contributed by atoms with Crippen LogP contribution in [0.1, 0.15) is 39.7 Å². The third-order valence-corrected chi connectivity index (χ3v) is 3.91. The van der Waals surface area contributed by atoms with Gasteiger partial charge in [0, 0.05) is 17.8 Å². The number of thiol groups is 1. The van der Waals surface area contributed by atoms with Crippen molar-refractivity contribution in [3.63, 3.8) is 0 Å². The molecule has 2 amide bonds. The first-order chi connectivity index (χ1) is 10.2. The topological polar surface area (TPSA) is 61.8 Å². The molecule has 2 rings (SSSR count). The van der Waals surface area contributed by atoms with Crippen LogP contribution in [-0.4, -0.2) is 17.5 Å². The molecule has 0 bridgehead atoms. The number of hydrazone groups is 1. The predicted molar refractivity (Wildman–Crippen MR) is 90.8 cm³/mol. The van der Waals surface area contributed by atoms with Gasteiger partial charge in [0.2, 0.25) is 11.8 Å². The number of benzene rings is 1. The van der Waals surface area contributed by atoms with Crippen LogP contribution in [0.3, 0.4) is 0 Å². The van der Waals surface area contributed by atoms with Crippen LogP contribution in [0.5, 0.6) is 0 Å². The summed E-state index contributed by atoms with van der Waals surface area (Å²) in [4.78, 5) is 23.5. The van der Waals surface area contributed by atoms with Gasteiger partial charge in [0.05, 0.1) is 11.4 Å². The molecule has 1 aromatic carbocycles. The van der Waals surface area contributed by atoms with Gasteiger partial charge in [0.15, 0.2) is 0 Å². The molecule has 0 radical (unpaired) electrons. The summed E-state index contributed by atoms with van der Waals surface area (Å²) in [5.74, 6) is -0.0627. The molecule has 0 saturated heterocycles. The SMILES string of the molecule is CC1CC(=O)NN=C1c1ccc(N(S)C(=O)C(C)(C)C)cc1. The summed E-state index contributed by atoms with van der Waals surface area (Å²) in [5.41, 5.74) is 4.50. The molecular weight excluding hydrogens is 298 g/mol. The average Bonchev–Trinajstić information content (AvgIpc) is 2.45. The molecule has 6 heteroatoms. The second kappa shape index (κ2) is 6.12. The van der Waals surface area contributed by atoms with Crippen molar-refractivity contribution in [1.82, 2.24) is 5.43 Å². The molecule has 1 aromatic rings. The van der Waals surface area contributed by atoms with Crippen LogP contribution in [0.4, 0.5) is 5.69 Å². The normalized spacial score (nSPS) is 18.5. The van der Waals surface area contributed by atoms with E-state index in [2.05, 4.69) is 23.3 Å². The lowest BCUT2D eigenvalue weighted by Gasteiger charge is -2.25. The monoisotopic (exact) mass is 319 g/mol. The maximum Gasteiger partial charge on any atom is 0.242 e. The summed E-state index contributed by atoms with van der Waals surface area (Å²) in [7, 11) is 0. The van der Waals surface area contributed by atoms with Crippen molar-refractivity contribution in [2.75, 3.05) is 4.31 Å². The van der Waals surface area contributed by atoms with E-state index >= 15 is 0 Å². The number of anilines is 1. The van der Waals surface area contributed by atoms with Crippen molar-refractivity contribution in [3.05, 3.63) is 29.8 Å². The minimum Gasteiger partial charge on any atom is -0.273 e. The van der Waals surface area contributed by atoms with E-state index in [1.54, 1.807) is 0 Å². The number of nitrogens with zero attached hydrogens (tertiary/aromatic N) is 2. The highest BCUT2D eigenvalue weighted by atomic mass is 32.1. The lowest BCUT2D eigenvalue weighted by molar-refractivity contribution is -0.124. The summed E-state index contributed by atoms with van der Waals surface area (Å²) < 4.78 is 1.36. The van der Waals surface area contributed by atoms with E-state index in [0.29, 0.717) is 12.1 Å². The number of carbonyl (C=O) groups excluding carboxylic acids is 2. The van der Waals surface area contributed by atoms with Gasteiger partial charge >= 0.3 is 0 Å². The Bertz CT molecular complexity index is 617. The molecule has 1 atom stereocenters. The molecule has 0 aromatic heterocycles. The van der Waals surface area contributed by atoms with Gasteiger partial charge in [-0.3, -0.25) is 13.9 Å². The fourth-order valence-electron chi connectivity index (χ4n) is 2.21. The maximum atomic E-state index is 12.2. The molecule has 1 N–H and O–H groups in total. The molecular formula is C16H21N3O2S. The molecule has 5 nitrogen and oxygen atoms in total. The number of hydrogen-bond donors (Lipinski definition) is 2. The van der Waals surface area contributed by atoms with Crippen LogP contribution >= 0.6 is 12.8 Å². The number of amides is 2. The number of rotatable bonds is 2. The van der Waals surface area contributed by atoms with Gasteiger partial charge < -0.3 is 0 Å². The molecule has 0 fully saturated rings. The molecule has 0 spiro atoms. The summed E-state index contributed by atoms with van der Waals surface area (Å²) in [6.45, 7) is 7.54. The van der Waals surface area contributed by atoms with Gasteiger partial charge in [-0.25, -0.2) is 5.43 Å². The summed E-state index contributed by atoms with van der Waals surface area (Å²) in [6.07, 6.45) is 0.432. The second-order valence-electron chi connectivity index (χ2n) is 6.55. The zero-order valence-electron chi connectivity index (χ0n) is 13.3. The smallest absolute Gasteiger partial charge is 0.242 e. The largest absolute Gasteiger partial charge is 0.273 e. The lowest BCUT2D eigenvalue weighted by atomic mass is 9.93. The predicted octanol–water partition coefficient (Wildman–Crippen LogP) is 2.77. The molecule has 1 heterocycles. The number of carbonyl (C=O) groups is 2. The van der Waals surface area contributed by atoms with Gasteiger partial charge in [-0.1, -0.05) is 52.6 Å². The molecule has 0 aliphatic carbocycles. The minimum atomic E-state index is -0.493. The zero-order valence-corrected chi connectivity index (χ0v) is 14.1. The Hall–Kier alpha value is -1.82. The lowest BCUT2D eigenvalue weighted by Crippen LogP contribution is -2.33. The van der Waals surface area contributed by atoms with Crippen LogP contribution in [0.15, 0.2) is 29.4 Å². The minimum absolute atomic E-state index is 0.0647. The Balaban J connectivity index is 2.21. The standard InChI is InChI=1S/C16H21N3O2S/c1-10-9-13(20)17-18-14(10)11-5-7-12(8-6-11)19(22)15(21)16(2,3)4/h5-8,10,22H,9H2,1-4H3,(H,17,20). The van der Waals surface area contributed by atoms with Crippen molar-refractivity contribution in [2.45, 2.75) is 34.1 Å². The van der Waals surface area contributed by atoms with E-state index in [0.717, 1.165) is 11.3 Å². The molecule has 118 valence electrons. The highest BCUT2D eigenvalue weighted by Crippen LogP contribution is 2.26. The van der Waals surface area contributed by atoms with Crippen LogP contribution in [0, 0.1) is 11.3 Å². The van der Waals surface area contributed by atoms with E-state index in [4.69, 9.17) is 0 Å². The number of hydrogen-bond acceptors (Lipinski definition) is 4. The molecule has 1 unspecified atom stereocenters. The number of nitrogens with one attached hydrogen (secondary N) is 1. The van der Waals surface area contributed by atoms with E-state index in [1.807, 2.05) is 52.0 Å². The van der Waals surface area contributed by atoms with Crippen LogP contribution < -0.4 is 9.73 Å². The van der Waals surface area contributed by atoms with E-state index in [1.165, 1.54) is 4.31 Å². The summed E-state index contributed by atoms with van der Waals surface area (Å²) >= 11 is 4.30. The summed E-state index contributed by atoms with van der Waals surface area (Å²) in [6, 6.07) is 7.44. The maximum absolute atomic E-state index is 12.2. The van der Waals surface area contributed by atoms with Crippen LogP contribution in [0.2, 0.25) is 0 Å². The van der Waals surface area contributed by atoms with Crippen molar-refractivity contribution in [2.24, 2.45) is 16.4 Å². The van der Waals surface area contributed by atoms with Gasteiger partial charge in [-0.05, 0) is 17.7 Å². The molecule has 1 aliphatic rings. The Morgan fingerprint density at radius 2 is 1.91 bits per heavy atom. The molecule has 1 aliphatic heterocycles. The first-order valence-electron chi connectivity index (χ1n) is 7.20. The summed E-state index contributed by atoms with van der Waals surface area (Å²) in [5, 5.41) is 4.13. The average molecular weight is 319 g/mol. The molecule has 22 heavy (non-hydrogen) atoms. The van der Waals surface area contributed by atoms with Crippen LogP contribution in [-0.2, 0) is 9.59 Å². The van der Waals surface area contributed by atoms with Gasteiger partial charge in [0.1, 0.15) is 0 Å². The third kappa shape index (κ3) is 3.50. The molecule has 0 saturated carbocycles. The van der Waals surface area contributed by atoms with Gasteiger partial charge in [-0.2, -0.15) is 5.10 Å². The Labute approximate surface area is 136 Å². The van der Waals surface area contributed by atoms with Crippen molar-refractivity contribution < 1.29 is 9.59 Å². The van der Waals surface area contributed by atoms with E-state index in [9.17, 15) is 9.59 Å². The van der Waals surface area contributed by atoms with E-state index in [-0.39, 0.29) is 17.7 Å². The first-order valence-corrected chi connectivity index (χ1v) is 7.60. The van der Waals surface area contributed by atoms with Crippen molar-refractivity contribution in [3.8, 4) is 0 Å². The highest BCUT2D eigenvalue weighted by molar-refractivity contribution is 7.82. The van der Waals surface area contributed by atoms with E-state index < -0.39 is 5.41 Å². The van der Waals surface area contributed by atoms with Crippen molar-refractivity contribution in [1.29, 1.82) is 0 Å². The van der Waals surface area contributed by atoms with Gasteiger partial charge in [-0.15, -0.1) is 0 Å². The van der Waals surface area contributed by atoms with Gasteiger partial charge in [0.25, 0.3) is 0 Å². The first kappa shape index (κ1) is 16.5. The second-order valence-corrected chi connectivity index (χ2v) is 6.95. The Kier molecular flexibility index (Phi) is 4.60. The van der Waals surface area contributed by atoms with Crippen molar-refractivity contribution >= 4 is 36.0 Å². The Morgan fingerprint density at radius 1 is 1.32 bits per heavy atom. The highest BCUT2D eigenvalue weighted by Gasteiger charge is 2.27. The van der Waals surface area contributed by atoms with Crippen LogP contribution in [0.25, 0.3) is 0 Å². The fraction of sp³-hybridized carbons (Fsp3) is 0.438. The fourth-order valence-corrected chi connectivity index (χ4v) is 2.64.